The second-order valence-electron chi connectivity index (χ2n) is 9.44. The van der Waals surface area contributed by atoms with Gasteiger partial charge in [0.2, 0.25) is 0 Å². The van der Waals surface area contributed by atoms with E-state index >= 15 is 0 Å². The van der Waals surface area contributed by atoms with Crippen LogP contribution in [0, 0.1) is 0 Å². The molecule has 0 amide bonds. The van der Waals surface area contributed by atoms with Crippen LogP contribution in [0.15, 0.2) is 70.5 Å². The number of thioether (sulfide) groups is 2. The molecule has 0 unspecified atom stereocenters. The highest BCUT2D eigenvalue weighted by Gasteiger charge is 2.13. The molecule has 6 aromatic rings. The van der Waals surface area contributed by atoms with Crippen molar-refractivity contribution in [1.29, 1.82) is 0 Å². The summed E-state index contributed by atoms with van der Waals surface area (Å²) in [6, 6.07) is 23.1. The summed E-state index contributed by atoms with van der Waals surface area (Å²) in [6.45, 7) is 2.28. The fraction of sp³-hybridized carbons (Fsp3) is 0.290. The number of aromatic nitrogens is 1. The molecule has 0 fully saturated rings. The summed E-state index contributed by atoms with van der Waals surface area (Å²) >= 11 is 5.75. The molecule has 35 heavy (non-hydrogen) atoms. The van der Waals surface area contributed by atoms with E-state index in [1.54, 1.807) is 11.8 Å². The second-order valence-corrected chi connectivity index (χ2v) is 12.5. The van der Waals surface area contributed by atoms with E-state index in [2.05, 4.69) is 78.8 Å². The van der Waals surface area contributed by atoms with Gasteiger partial charge in [-0.05, 0) is 54.8 Å². The first-order chi connectivity index (χ1) is 17.3. The smallest absolute Gasteiger partial charge is 0.0545 e. The molecule has 0 aliphatic heterocycles. The maximum Gasteiger partial charge on any atom is 0.0545 e. The highest BCUT2D eigenvalue weighted by Crippen LogP contribution is 2.42. The number of rotatable bonds is 9. The average Bonchev–Trinajstić information content (AvgIpc) is 3.45. The maximum atomic E-state index is 3.72. The van der Waals surface area contributed by atoms with Gasteiger partial charge in [-0.3, -0.25) is 0 Å². The van der Waals surface area contributed by atoms with Crippen molar-refractivity contribution < 1.29 is 0 Å². The molecule has 6 rings (SSSR count). The number of benzene rings is 4. The summed E-state index contributed by atoms with van der Waals surface area (Å²) < 4.78 is 2.79. The Hall–Kier alpha value is -2.14. The lowest BCUT2D eigenvalue weighted by atomic mass is 10.0. The quantitative estimate of drug-likeness (QED) is 0.153. The number of H-pyrrole nitrogens is 1. The van der Waals surface area contributed by atoms with Crippen molar-refractivity contribution in [3.05, 3.63) is 60.7 Å². The highest BCUT2D eigenvalue weighted by molar-refractivity contribution is 7.99. The predicted octanol–water partition coefficient (Wildman–Crippen LogP) is 11.0. The van der Waals surface area contributed by atoms with E-state index in [-0.39, 0.29) is 0 Å². The lowest BCUT2D eigenvalue weighted by molar-refractivity contribution is 0.627. The highest BCUT2D eigenvalue weighted by atomic mass is 32.2. The summed E-state index contributed by atoms with van der Waals surface area (Å²) in [7, 11) is 0. The van der Waals surface area contributed by atoms with Gasteiger partial charge in [0.1, 0.15) is 0 Å². The van der Waals surface area contributed by atoms with Crippen molar-refractivity contribution in [3.8, 4) is 0 Å². The first-order valence-electron chi connectivity index (χ1n) is 12.8. The van der Waals surface area contributed by atoms with Gasteiger partial charge >= 0.3 is 0 Å². The third-order valence-electron chi connectivity index (χ3n) is 7.15. The zero-order chi connectivity index (χ0) is 23.8. The molecule has 0 aliphatic rings. The molecule has 0 saturated carbocycles. The SMILES string of the molecule is CCCCCCCCSc1ccc2sc3c(ccc4c3ccc3c5cc(SC)ccc5[nH]c34)c2c1. The van der Waals surface area contributed by atoms with E-state index in [9.17, 15) is 0 Å². The molecule has 178 valence electrons. The van der Waals surface area contributed by atoms with Gasteiger partial charge in [0.25, 0.3) is 0 Å². The van der Waals surface area contributed by atoms with Gasteiger partial charge in [0.05, 0.1) is 5.52 Å². The standard InChI is InChI=1S/C31H31NS3/c1-3-4-5-6-7-8-17-34-21-10-16-29-27(19-21)25-14-11-22-24(31(25)35-29)13-12-23-26-18-20(33-2)9-15-28(26)32-30(22)23/h9-16,18-19,32H,3-8,17H2,1-2H3. The third-order valence-corrected chi connectivity index (χ3v) is 10.2. The molecule has 0 spiro atoms. The Morgan fingerprint density at radius 1 is 0.686 bits per heavy atom. The van der Waals surface area contributed by atoms with Crippen molar-refractivity contribution >= 4 is 87.6 Å². The van der Waals surface area contributed by atoms with Crippen molar-refractivity contribution in [2.24, 2.45) is 0 Å². The summed E-state index contributed by atoms with van der Waals surface area (Å²) in [5.74, 6) is 1.22. The molecule has 0 saturated heterocycles. The number of nitrogens with one attached hydrogen (secondary N) is 1. The number of aromatic amines is 1. The Bertz CT molecular complexity index is 1660. The number of thiophene rings is 1. The van der Waals surface area contributed by atoms with Crippen molar-refractivity contribution in [2.45, 2.75) is 55.2 Å². The predicted molar refractivity (Wildman–Crippen MR) is 162 cm³/mol. The molecule has 0 aliphatic carbocycles. The van der Waals surface area contributed by atoms with Gasteiger partial charge in [0, 0.05) is 57.0 Å². The van der Waals surface area contributed by atoms with Gasteiger partial charge in [0.15, 0.2) is 0 Å². The van der Waals surface area contributed by atoms with Crippen LogP contribution in [-0.4, -0.2) is 17.0 Å². The molecule has 0 bridgehead atoms. The van der Waals surface area contributed by atoms with Gasteiger partial charge < -0.3 is 4.98 Å². The van der Waals surface area contributed by atoms with Crippen LogP contribution in [0.25, 0.3) is 52.8 Å². The number of unbranched alkanes of at least 4 members (excludes halogenated alkanes) is 5. The average molecular weight is 514 g/mol. The monoisotopic (exact) mass is 513 g/mol. The summed E-state index contributed by atoms with van der Waals surface area (Å²) in [6.07, 6.45) is 10.3. The van der Waals surface area contributed by atoms with Crippen molar-refractivity contribution in [1.82, 2.24) is 4.98 Å². The zero-order valence-electron chi connectivity index (χ0n) is 20.4. The molecule has 0 radical (unpaired) electrons. The van der Waals surface area contributed by atoms with Crippen LogP contribution in [0.2, 0.25) is 0 Å². The van der Waals surface area contributed by atoms with Gasteiger partial charge in [-0.1, -0.05) is 63.3 Å². The minimum absolute atomic E-state index is 1.22. The Labute approximate surface area is 219 Å². The molecular formula is C31H31NS3. The van der Waals surface area contributed by atoms with Crippen molar-refractivity contribution in [3.63, 3.8) is 0 Å². The fourth-order valence-corrected chi connectivity index (χ4v) is 7.86. The minimum atomic E-state index is 1.22. The first-order valence-corrected chi connectivity index (χ1v) is 15.8. The molecule has 1 nitrogen and oxygen atoms in total. The van der Waals surface area contributed by atoms with E-state index in [1.165, 1.54) is 107 Å². The van der Waals surface area contributed by atoms with E-state index < -0.39 is 0 Å². The first kappa shape index (κ1) is 23.3. The lowest BCUT2D eigenvalue weighted by Crippen LogP contribution is -1.82. The molecular weight excluding hydrogens is 483 g/mol. The van der Waals surface area contributed by atoms with Gasteiger partial charge in [-0.25, -0.2) is 0 Å². The maximum absolute atomic E-state index is 3.72. The summed E-state index contributed by atoms with van der Waals surface area (Å²) in [4.78, 5) is 6.43. The van der Waals surface area contributed by atoms with Gasteiger partial charge in [-0.15, -0.1) is 34.9 Å². The molecule has 1 N–H and O–H groups in total. The number of hydrogen-bond donors (Lipinski definition) is 1. The van der Waals surface area contributed by atoms with Crippen LogP contribution < -0.4 is 0 Å². The van der Waals surface area contributed by atoms with Crippen LogP contribution in [-0.2, 0) is 0 Å². The van der Waals surface area contributed by atoms with E-state index in [4.69, 9.17) is 0 Å². The van der Waals surface area contributed by atoms with Crippen LogP contribution >= 0.6 is 34.9 Å². The number of hydrogen-bond acceptors (Lipinski definition) is 3. The summed E-state index contributed by atoms with van der Waals surface area (Å²) in [5.41, 5.74) is 2.47. The largest absolute Gasteiger partial charge is 0.354 e. The van der Waals surface area contributed by atoms with E-state index in [1.807, 2.05) is 23.1 Å². The van der Waals surface area contributed by atoms with Crippen LogP contribution in [0.3, 0.4) is 0 Å². The molecule has 2 aromatic heterocycles. The van der Waals surface area contributed by atoms with Crippen LogP contribution in [0.1, 0.15) is 45.4 Å². The minimum Gasteiger partial charge on any atom is -0.354 e. The Morgan fingerprint density at radius 3 is 2.20 bits per heavy atom. The molecule has 0 atom stereocenters. The summed E-state index contributed by atoms with van der Waals surface area (Å²) in [5, 5.41) is 8.10. The van der Waals surface area contributed by atoms with Crippen LogP contribution in [0.4, 0.5) is 0 Å². The van der Waals surface area contributed by atoms with Crippen LogP contribution in [0.5, 0.6) is 0 Å². The fourth-order valence-electron chi connectivity index (χ4n) is 5.26. The third kappa shape index (κ3) is 4.34. The van der Waals surface area contributed by atoms with E-state index in [0.717, 1.165) is 0 Å². The molecule has 4 heteroatoms. The molecule has 4 aromatic carbocycles. The zero-order valence-corrected chi connectivity index (χ0v) is 22.9. The normalized spacial score (nSPS) is 12.2. The Kier molecular flexibility index (Phi) is 6.70. The van der Waals surface area contributed by atoms with Crippen molar-refractivity contribution in [2.75, 3.05) is 12.0 Å². The topological polar surface area (TPSA) is 15.8 Å². The Morgan fingerprint density at radius 2 is 1.37 bits per heavy atom. The van der Waals surface area contributed by atoms with Gasteiger partial charge in [-0.2, -0.15) is 0 Å². The molecule has 2 heterocycles. The van der Waals surface area contributed by atoms with E-state index in [0.29, 0.717) is 0 Å². The Balaban J connectivity index is 1.34. The lowest BCUT2D eigenvalue weighted by Gasteiger charge is -2.04. The number of fused-ring (bicyclic) bond motifs is 9. The second kappa shape index (κ2) is 10.1.